The second-order valence-electron chi connectivity index (χ2n) is 6.14. The zero-order valence-electron chi connectivity index (χ0n) is 12.4. The molecular weight excluding hydrogens is 280 g/mol. The van der Waals surface area contributed by atoms with Crippen molar-refractivity contribution in [3.05, 3.63) is 36.0 Å². The highest BCUT2D eigenvalue weighted by molar-refractivity contribution is 5.89. The zero-order chi connectivity index (χ0) is 15.6. The van der Waals surface area contributed by atoms with E-state index in [4.69, 9.17) is 5.11 Å². The van der Waals surface area contributed by atoms with Crippen LogP contribution in [0.2, 0.25) is 0 Å². The van der Waals surface area contributed by atoms with Crippen LogP contribution in [-0.4, -0.2) is 27.5 Å². The van der Waals surface area contributed by atoms with Crippen LogP contribution in [0.4, 0.5) is 0 Å². The maximum Gasteiger partial charge on any atom is 0.305 e. The van der Waals surface area contributed by atoms with Crippen molar-refractivity contribution in [2.24, 2.45) is 0 Å². The number of benzene rings is 1. The van der Waals surface area contributed by atoms with Gasteiger partial charge in [0.15, 0.2) is 0 Å². The molecule has 116 valence electrons. The van der Waals surface area contributed by atoms with Gasteiger partial charge in [-0.05, 0) is 24.5 Å². The molecule has 1 fully saturated rings. The molecule has 3 N–H and O–H groups in total. The van der Waals surface area contributed by atoms with Gasteiger partial charge in [0.2, 0.25) is 5.91 Å². The second-order valence-corrected chi connectivity index (χ2v) is 6.14. The molecule has 0 radical (unpaired) electrons. The smallest absolute Gasteiger partial charge is 0.305 e. The minimum absolute atomic E-state index is 0.00657. The number of aromatic amines is 1. The third-order valence-corrected chi connectivity index (χ3v) is 4.48. The molecule has 1 aromatic carbocycles. The Balaban J connectivity index is 1.72. The highest BCUT2D eigenvalue weighted by Gasteiger charge is 2.37. The first-order chi connectivity index (χ1) is 10.6. The monoisotopic (exact) mass is 300 g/mol. The Bertz CT molecular complexity index is 699. The van der Waals surface area contributed by atoms with Crippen LogP contribution >= 0.6 is 0 Å². The molecule has 0 aliphatic heterocycles. The molecule has 0 spiro atoms. The highest BCUT2D eigenvalue weighted by atomic mass is 16.4. The lowest BCUT2D eigenvalue weighted by Gasteiger charge is -2.28. The van der Waals surface area contributed by atoms with E-state index in [1.165, 1.54) is 0 Å². The van der Waals surface area contributed by atoms with Crippen LogP contribution in [0.3, 0.4) is 0 Å². The average molecular weight is 300 g/mol. The van der Waals surface area contributed by atoms with E-state index in [9.17, 15) is 9.59 Å². The molecular formula is C17H20N2O3. The predicted molar refractivity (Wildman–Crippen MR) is 83.6 cm³/mol. The number of nitrogens with one attached hydrogen (secondary N) is 2. The second kappa shape index (κ2) is 5.83. The Morgan fingerprint density at radius 3 is 2.68 bits per heavy atom. The molecule has 1 amide bonds. The van der Waals surface area contributed by atoms with Gasteiger partial charge in [-0.2, -0.15) is 0 Å². The normalized spacial score (nSPS) is 16.7. The number of carboxylic acids is 1. The van der Waals surface area contributed by atoms with Gasteiger partial charge in [0, 0.05) is 17.1 Å². The summed E-state index contributed by atoms with van der Waals surface area (Å²) in [6, 6.07) is 7.85. The first-order valence-corrected chi connectivity index (χ1v) is 7.66. The quantitative estimate of drug-likeness (QED) is 0.794. The third-order valence-electron chi connectivity index (χ3n) is 4.48. The van der Waals surface area contributed by atoms with Gasteiger partial charge >= 0.3 is 5.97 Å². The lowest BCUT2D eigenvalue weighted by atomic mass is 9.92. The number of para-hydroxylation sites is 1. The van der Waals surface area contributed by atoms with Crippen molar-refractivity contribution in [1.82, 2.24) is 10.3 Å². The van der Waals surface area contributed by atoms with Crippen molar-refractivity contribution in [2.45, 2.75) is 44.1 Å². The van der Waals surface area contributed by atoms with Crippen molar-refractivity contribution in [2.75, 3.05) is 0 Å². The van der Waals surface area contributed by atoms with Crippen LogP contribution in [0, 0.1) is 0 Å². The maximum absolute atomic E-state index is 12.4. The van der Waals surface area contributed by atoms with Gasteiger partial charge in [-0.1, -0.05) is 31.0 Å². The molecule has 1 saturated carbocycles. The number of hydrogen-bond acceptors (Lipinski definition) is 2. The van der Waals surface area contributed by atoms with Crippen LogP contribution in [0.15, 0.2) is 30.5 Å². The number of carbonyl (C=O) groups is 2. The fourth-order valence-corrected chi connectivity index (χ4v) is 3.48. The van der Waals surface area contributed by atoms with E-state index in [0.29, 0.717) is 0 Å². The van der Waals surface area contributed by atoms with Gasteiger partial charge in [-0.15, -0.1) is 0 Å². The molecule has 22 heavy (non-hydrogen) atoms. The minimum atomic E-state index is -0.853. The van der Waals surface area contributed by atoms with Crippen molar-refractivity contribution in [1.29, 1.82) is 0 Å². The van der Waals surface area contributed by atoms with Crippen LogP contribution in [-0.2, 0) is 16.0 Å². The summed E-state index contributed by atoms with van der Waals surface area (Å²) in [5, 5.41) is 13.1. The van der Waals surface area contributed by atoms with Crippen LogP contribution < -0.4 is 5.32 Å². The molecule has 1 aliphatic carbocycles. The average Bonchev–Trinajstić information content (AvgIpc) is 3.06. The zero-order valence-corrected chi connectivity index (χ0v) is 12.4. The molecule has 1 aromatic heterocycles. The summed E-state index contributed by atoms with van der Waals surface area (Å²) in [4.78, 5) is 26.6. The van der Waals surface area contributed by atoms with E-state index in [1.807, 2.05) is 30.5 Å². The van der Waals surface area contributed by atoms with Crippen LogP contribution in [0.25, 0.3) is 10.9 Å². The fourth-order valence-electron chi connectivity index (χ4n) is 3.48. The summed E-state index contributed by atoms with van der Waals surface area (Å²) >= 11 is 0. The summed E-state index contributed by atoms with van der Waals surface area (Å²) in [5.74, 6) is -0.956. The molecule has 3 rings (SSSR count). The van der Waals surface area contributed by atoms with E-state index < -0.39 is 11.5 Å². The summed E-state index contributed by atoms with van der Waals surface area (Å²) in [5.41, 5.74) is 1.39. The number of amides is 1. The van der Waals surface area contributed by atoms with Crippen molar-refractivity contribution >= 4 is 22.8 Å². The number of rotatable bonds is 5. The first-order valence-electron chi connectivity index (χ1n) is 7.66. The summed E-state index contributed by atoms with van der Waals surface area (Å²) in [7, 11) is 0. The lowest BCUT2D eigenvalue weighted by Crippen LogP contribution is -2.48. The SMILES string of the molecule is O=C(O)CC1(NC(=O)Cc2c[nH]c3ccccc23)CCCC1. The molecule has 0 unspecified atom stereocenters. The van der Waals surface area contributed by atoms with E-state index in [0.717, 1.165) is 42.1 Å². The standard InChI is InChI=1S/C17H20N2O3/c20-15(19-17(10-16(21)22)7-3-4-8-17)9-12-11-18-14-6-2-1-5-13(12)14/h1-2,5-6,11,18H,3-4,7-10H2,(H,19,20)(H,21,22). The minimum Gasteiger partial charge on any atom is -0.481 e. The predicted octanol–water partition coefficient (Wildman–Crippen LogP) is 2.61. The first kappa shape index (κ1) is 14.6. The molecule has 0 saturated heterocycles. The van der Waals surface area contributed by atoms with Crippen molar-refractivity contribution < 1.29 is 14.7 Å². The Morgan fingerprint density at radius 1 is 1.23 bits per heavy atom. The van der Waals surface area contributed by atoms with Crippen LogP contribution in [0.1, 0.15) is 37.7 Å². The van der Waals surface area contributed by atoms with E-state index in [-0.39, 0.29) is 18.7 Å². The number of fused-ring (bicyclic) bond motifs is 1. The van der Waals surface area contributed by atoms with Crippen LogP contribution in [0.5, 0.6) is 0 Å². The number of carboxylic acid groups (broad SMARTS) is 1. The Kier molecular flexibility index (Phi) is 3.88. The van der Waals surface area contributed by atoms with E-state index in [1.54, 1.807) is 0 Å². The van der Waals surface area contributed by atoms with Gasteiger partial charge < -0.3 is 15.4 Å². The maximum atomic E-state index is 12.4. The van der Waals surface area contributed by atoms with E-state index in [2.05, 4.69) is 10.3 Å². The van der Waals surface area contributed by atoms with Crippen molar-refractivity contribution in [3.63, 3.8) is 0 Å². The molecule has 2 aromatic rings. The van der Waals surface area contributed by atoms with Gasteiger partial charge in [0.25, 0.3) is 0 Å². The topological polar surface area (TPSA) is 82.2 Å². The summed E-state index contributed by atoms with van der Waals surface area (Å²) in [6.07, 6.45) is 5.57. The molecule has 0 bridgehead atoms. The van der Waals surface area contributed by atoms with Crippen molar-refractivity contribution in [3.8, 4) is 0 Å². The molecule has 1 heterocycles. The number of carbonyl (C=O) groups excluding carboxylic acids is 1. The number of aromatic nitrogens is 1. The molecule has 0 atom stereocenters. The number of aliphatic carboxylic acids is 1. The lowest BCUT2D eigenvalue weighted by molar-refractivity contribution is -0.139. The van der Waals surface area contributed by atoms with Gasteiger partial charge in [0.1, 0.15) is 0 Å². The third kappa shape index (κ3) is 2.98. The summed E-state index contributed by atoms with van der Waals surface area (Å²) < 4.78 is 0. The Morgan fingerprint density at radius 2 is 1.95 bits per heavy atom. The number of H-pyrrole nitrogens is 1. The molecule has 5 nitrogen and oxygen atoms in total. The van der Waals surface area contributed by atoms with E-state index >= 15 is 0 Å². The van der Waals surface area contributed by atoms with Gasteiger partial charge in [-0.25, -0.2) is 0 Å². The molecule has 1 aliphatic rings. The molecule has 5 heteroatoms. The Hall–Kier alpha value is -2.30. The largest absolute Gasteiger partial charge is 0.481 e. The van der Waals surface area contributed by atoms with Gasteiger partial charge in [-0.3, -0.25) is 9.59 Å². The summed E-state index contributed by atoms with van der Waals surface area (Å²) in [6.45, 7) is 0. The fraction of sp³-hybridized carbons (Fsp3) is 0.412. The van der Waals surface area contributed by atoms with Gasteiger partial charge in [0.05, 0.1) is 18.4 Å². The Labute approximate surface area is 128 Å². The highest BCUT2D eigenvalue weighted by Crippen LogP contribution is 2.32. The number of hydrogen-bond donors (Lipinski definition) is 3.